The van der Waals surface area contributed by atoms with Crippen molar-refractivity contribution in [2.24, 2.45) is 0 Å². The van der Waals surface area contributed by atoms with Crippen molar-refractivity contribution in [1.29, 1.82) is 0 Å². The van der Waals surface area contributed by atoms with Crippen molar-refractivity contribution in [3.8, 4) is 5.75 Å². The van der Waals surface area contributed by atoms with Gasteiger partial charge in [-0.15, -0.1) is 0 Å². The van der Waals surface area contributed by atoms with Gasteiger partial charge in [-0.2, -0.15) is 0 Å². The first-order chi connectivity index (χ1) is 8.77. The highest BCUT2D eigenvalue weighted by molar-refractivity contribution is 5.48. The van der Waals surface area contributed by atoms with Gasteiger partial charge in [0.15, 0.2) is 0 Å². The topological polar surface area (TPSA) is 23.5 Å². The molecular weight excluding hydrogens is 222 g/mol. The largest absolute Gasteiger partial charge is 0.508 e. The molecule has 0 atom stereocenters. The summed E-state index contributed by atoms with van der Waals surface area (Å²) in [6, 6.07) is 7.60. The summed E-state index contributed by atoms with van der Waals surface area (Å²) in [5.41, 5.74) is 1.24. The zero-order valence-corrected chi connectivity index (χ0v) is 11.9. The van der Waals surface area contributed by atoms with Gasteiger partial charge in [-0.25, -0.2) is 0 Å². The van der Waals surface area contributed by atoms with Crippen LogP contribution >= 0.6 is 0 Å². The van der Waals surface area contributed by atoms with Crippen LogP contribution in [-0.2, 0) is 0 Å². The minimum absolute atomic E-state index is 0.348. The average Bonchev–Trinajstić information content (AvgIpc) is 2.38. The van der Waals surface area contributed by atoms with Gasteiger partial charge >= 0.3 is 0 Å². The van der Waals surface area contributed by atoms with Gasteiger partial charge in [0.05, 0.1) is 0 Å². The van der Waals surface area contributed by atoms with Gasteiger partial charge < -0.3 is 10.0 Å². The van der Waals surface area contributed by atoms with Crippen molar-refractivity contribution in [3.05, 3.63) is 24.3 Å². The van der Waals surface area contributed by atoms with Crippen LogP contribution in [0.15, 0.2) is 24.3 Å². The van der Waals surface area contributed by atoms with Crippen molar-refractivity contribution in [1.82, 2.24) is 0 Å². The van der Waals surface area contributed by atoms with Crippen LogP contribution in [0.5, 0.6) is 5.75 Å². The molecule has 0 fully saturated rings. The summed E-state index contributed by atoms with van der Waals surface area (Å²) < 4.78 is 0. The number of hydrogen-bond donors (Lipinski definition) is 1. The van der Waals surface area contributed by atoms with E-state index in [4.69, 9.17) is 0 Å². The summed E-state index contributed by atoms with van der Waals surface area (Å²) in [5.74, 6) is 0.348. The van der Waals surface area contributed by atoms with Crippen LogP contribution in [0, 0.1) is 0 Å². The standard InChI is InChI=1S/C16H27NO/c1-3-5-7-13-17(14-8-6-4-2)15-9-11-16(18)12-10-15/h9-12,18H,3-8,13-14H2,1-2H3. The third-order valence-electron chi connectivity index (χ3n) is 3.28. The van der Waals surface area contributed by atoms with Crippen LogP contribution in [0.25, 0.3) is 0 Å². The van der Waals surface area contributed by atoms with E-state index in [2.05, 4.69) is 18.7 Å². The van der Waals surface area contributed by atoms with Gasteiger partial charge in [-0.1, -0.05) is 39.5 Å². The molecule has 0 aliphatic rings. The number of rotatable bonds is 9. The highest BCUT2D eigenvalue weighted by Crippen LogP contribution is 2.19. The van der Waals surface area contributed by atoms with E-state index in [-0.39, 0.29) is 0 Å². The van der Waals surface area contributed by atoms with E-state index < -0.39 is 0 Å². The summed E-state index contributed by atoms with van der Waals surface area (Å²) >= 11 is 0. The first-order valence-corrected chi connectivity index (χ1v) is 7.32. The molecule has 0 bridgehead atoms. The molecule has 0 spiro atoms. The van der Waals surface area contributed by atoms with Crippen molar-refractivity contribution in [2.75, 3.05) is 18.0 Å². The Kier molecular flexibility index (Phi) is 7.31. The lowest BCUT2D eigenvalue weighted by Gasteiger charge is -2.25. The molecule has 1 N–H and O–H groups in total. The van der Waals surface area contributed by atoms with E-state index in [1.807, 2.05) is 12.1 Å². The molecule has 0 aliphatic carbocycles. The fourth-order valence-corrected chi connectivity index (χ4v) is 2.14. The Morgan fingerprint density at radius 1 is 0.833 bits per heavy atom. The van der Waals surface area contributed by atoms with Gasteiger partial charge in [0.25, 0.3) is 0 Å². The molecule has 0 unspecified atom stereocenters. The number of anilines is 1. The molecule has 1 aromatic rings. The van der Waals surface area contributed by atoms with E-state index in [0.29, 0.717) is 5.75 Å². The monoisotopic (exact) mass is 249 g/mol. The zero-order chi connectivity index (χ0) is 13.2. The maximum Gasteiger partial charge on any atom is 0.115 e. The van der Waals surface area contributed by atoms with Crippen LogP contribution in [0.4, 0.5) is 5.69 Å². The highest BCUT2D eigenvalue weighted by Gasteiger charge is 2.05. The second-order valence-electron chi connectivity index (χ2n) is 4.92. The summed E-state index contributed by atoms with van der Waals surface area (Å²) in [4.78, 5) is 2.45. The molecule has 0 saturated heterocycles. The second kappa shape index (κ2) is 8.84. The normalized spacial score (nSPS) is 10.6. The van der Waals surface area contributed by atoms with Gasteiger partial charge in [0, 0.05) is 18.8 Å². The molecular formula is C16H27NO. The van der Waals surface area contributed by atoms with Crippen LogP contribution in [0.1, 0.15) is 52.4 Å². The lowest BCUT2D eigenvalue weighted by molar-refractivity contribution is 0.475. The Balaban J connectivity index is 2.54. The van der Waals surface area contributed by atoms with E-state index in [1.54, 1.807) is 12.1 Å². The number of aromatic hydroxyl groups is 1. The first kappa shape index (κ1) is 14.9. The molecule has 0 saturated carbocycles. The zero-order valence-electron chi connectivity index (χ0n) is 11.9. The fourth-order valence-electron chi connectivity index (χ4n) is 2.14. The van der Waals surface area contributed by atoms with E-state index >= 15 is 0 Å². The number of unbranched alkanes of at least 4 members (excludes halogenated alkanes) is 4. The van der Waals surface area contributed by atoms with Crippen molar-refractivity contribution < 1.29 is 5.11 Å². The molecule has 0 aromatic heterocycles. The predicted octanol–water partition coefficient (Wildman–Crippen LogP) is 4.58. The third-order valence-corrected chi connectivity index (χ3v) is 3.28. The maximum absolute atomic E-state index is 9.35. The minimum atomic E-state index is 0.348. The Hall–Kier alpha value is -1.18. The summed E-state index contributed by atoms with van der Waals surface area (Å²) in [6.45, 7) is 6.73. The molecule has 0 aliphatic heterocycles. The van der Waals surface area contributed by atoms with Gasteiger partial charge in [-0.05, 0) is 37.1 Å². The van der Waals surface area contributed by atoms with Crippen molar-refractivity contribution in [3.63, 3.8) is 0 Å². The van der Waals surface area contributed by atoms with E-state index in [1.165, 1.54) is 44.2 Å². The van der Waals surface area contributed by atoms with Gasteiger partial charge in [-0.3, -0.25) is 0 Å². The Bertz CT molecular complexity index is 297. The SMILES string of the molecule is CCCCCN(CCCCC)c1ccc(O)cc1. The molecule has 1 aromatic carbocycles. The van der Waals surface area contributed by atoms with Gasteiger partial charge in [0.1, 0.15) is 5.75 Å². The van der Waals surface area contributed by atoms with Crippen LogP contribution in [0.2, 0.25) is 0 Å². The molecule has 0 radical (unpaired) electrons. The summed E-state index contributed by atoms with van der Waals surface area (Å²) in [7, 11) is 0. The Morgan fingerprint density at radius 2 is 1.33 bits per heavy atom. The van der Waals surface area contributed by atoms with E-state index in [0.717, 1.165) is 13.1 Å². The Morgan fingerprint density at radius 3 is 1.78 bits per heavy atom. The summed E-state index contributed by atoms with van der Waals surface area (Å²) in [6.07, 6.45) is 7.62. The van der Waals surface area contributed by atoms with Crippen LogP contribution < -0.4 is 4.90 Å². The molecule has 0 heterocycles. The summed E-state index contributed by atoms with van der Waals surface area (Å²) in [5, 5.41) is 9.35. The third kappa shape index (κ3) is 5.44. The smallest absolute Gasteiger partial charge is 0.115 e. The van der Waals surface area contributed by atoms with Crippen molar-refractivity contribution >= 4 is 5.69 Å². The fraction of sp³-hybridized carbons (Fsp3) is 0.625. The van der Waals surface area contributed by atoms with Crippen LogP contribution in [0.3, 0.4) is 0 Å². The minimum Gasteiger partial charge on any atom is -0.508 e. The molecule has 2 heteroatoms. The maximum atomic E-state index is 9.35. The van der Waals surface area contributed by atoms with E-state index in [9.17, 15) is 5.11 Å². The lowest BCUT2D eigenvalue weighted by atomic mass is 10.2. The Labute approximate surface area is 112 Å². The molecule has 0 amide bonds. The number of nitrogens with zero attached hydrogens (tertiary/aromatic N) is 1. The number of phenolic OH excluding ortho intramolecular Hbond substituents is 1. The highest BCUT2D eigenvalue weighted by atomic mass is 16.3. The van der Waals surface area contributed by atoms with Gasteiger partial charge in [0.2, 0.25) is 0 Å². The number of hydrogen-bond acceptors (Lipinski definition) is 2. The first-order valence-electron chi connectivity index (χ1n) is 7.32. The molecule has 18 heavy (non-hydrogen) atoms. The molecule has 102 valence electrons. The van der Waals surface area contributed by atoms with Crippen molar-refractivity contribution in [2.45, 2.75) is 52.4 Å². The predicted molar refractivity (Wildman–Crippen MR) is 79.4 cm³/mol. The number of benzene rings is 1. The average molecular weight is 249 g/mol. The molecule has 1 rings (SSSR count). The van der Waals surface area contributed by atoms with Crippen LogP contribution in [-0.4, -0.2) is 18.2 Å². The second-order valence-corrected chi connectivity index (χ2v) is 4.92. The quantitative estimate of drug-likeness (QED) is 0.648. The lowest BCUT2D eigenvalue weighted by Crippen LogP contribution is -2.25. The molecule has 2 nitrogen and oxygen atoms in total. The number of phenols is 1.